The van der Waals surface area contributed by atoms with Gasteiger partial charge in [0.25, 0.3) is 0 Å². The molecule has 0 fully saturated rings. The number of carbonyl (C=O) groups is 2. The zero-order valence-electron chi connectivity index (χ0n) is 15.6. The van der Waals surface area contributed by atoms with Crippen molar-refractivity contribution in [2.75, 3.05) is 13.6 Å². The Morgan fingerprint density at radius 3 is 2.31 bits per heavy atom. The van der Waals surface area contributed by atoms with Gasteiger partial charge in [0.2, 0.25) is 11.8 Å². The molecule has 0 bridgehead atoms. The van der Waals surface area contributed by atoms with E-state index in [1.165, 1.54) is 0 Å². The molecule has 1 atom stereocenters. The molecule has 26 heavy (non-hydrogen) atoms. The molecule has 0 aliphatic carbocycles. The number of nitrogens with one attached hydrogen (secondary N) is 1. The number of nitrogens with zero attached hydrogens (tertiary/aromatic N) is 1. The first-order chi connectivity index (χ1) is 12.4. The molecule has 2 aromatic rings. The molecule has 138 valence electrons. The molecular weight excluding hydrogens is 326 g/mol. The van der Waals surface area contributed by atoms with Gasteiger partial charge in [-0.3, -0.25) is 9.59 Å². The summed E-state index contributed by atoms with van der Waals surface area (Å²) in [6.45, 7) is 4.16. The van der Waals surface area contributed by atoms with Crippen molar-refractivity contribution in [2.45, 2.75) is 26.4 Å². The minimum absolute atomic E-state index is 0.0283. The first-order valence-electron chi connectivity index (χ1n) is 8.80. The lowest BCUT2D eigenvalue weighted by atomic mass is 9.99. The summed E-state index contributed by atoms with van der Waals surface area (Å²) < 4.78 is 0. The minimum Gasteiger partial charge on any atom is -0.346 e. The highest BCUT2D eigenvalue weighted by atomic mass is 16.2. The van der Waals surface area contributed by atoms with Crippen LogP contribution >= 0.6 is 0 Å². The molecule has 0 unspecified atom stereocenters. The van der Waals surface area contributed by atoms with Crippen LogP contribution in [0.5, 0.6) is 0 Å². The summed E-state index contributed by atoms with van der Waals surface area (Å²) in [4.78, 5) is 25.9. The zero-order chi connectivity index (χ0) is 19.1. The van der Waals surface area contributed by atoms with Gasteiger partial charge in [-0.2, -0.15) is 0 Å². The number of likely N-dealkylation sites (N-methyl/N-ethyl adjacent to an activating group) is 1. The summed E-state index contributed by atoms with van der Waals surface area (Å²) in [6, 6.07) is 17.5. The van der Waals surface area contributed by atoms with Gasteiger partial charge >= 0.3 is 0 Å². The standard InChI is InChI=1S/C21H27N3O2/c1-15(2)20(22)21(26)23-13-19(25)24(3)14-17-11-7-8-12-18(17)16-9-5-4-6-10-16/h4-12,15,20H,13-14,22H2,1-3H3,(H,23,26)/t20-/m0/s1. The van der Waals surface area contributed by atoms with E-state index in [0.29, 0.717) is 6.54 Å². The molecule has 0 aliphatic rings. The number of amides is 2. The average molecular weight is 353 g/mol. The van der Waals surface area contributed by atoms with Crippen molar-refractivity contribution in [3.63, 3.8) is 0 Å². The third-order valence-electron chi connectivity index (χ3n) is 4.37. The minimum atomic E-state index is -0.605. The third kappa shape index (κ3) is 5.17. The normalized spacial score (nSPS) is 11.9. The van der Waals surface area contributed by atoms with Crippen LogP contribution in [0, 0.1) is 5.92 Å². The molecule has 0 saturated carbocycles. The van der Waals surface area contributed by atoms with Gasteiger partial charge < -0.3 is 16.0 Å². The second-order valence-corrected chi connectivity index (χ2v) is 6.76. The van der Waals surface area contributed by atoms with Gasteiger partial charge in [-0.15, -0.1) is 0 Å². The Hall–Kier alpha value is -2.66. The van der Waals surface area contributed by atoms with E-state index in [1.54, 1.807) is 11.9 Å². The molecule has 2 aromatic carbocycles. The molecule has 2 amide bonds. The van der Waals surface area contributed by atoms with E-state index < -0.39 is 6.04 Å². The maximum absolute atomic E-state index is 12.4. The second kappa shape index (κ2) is 9.15. The molecule has 5 nitrogen and oxygen atoms in total. The highest BCUT2D eigenvalue weighted by Crippen LogP contribution is 2.24. The van der Waals surface area contributed by atoms with Crippen molar-refractivity contribution < 1.29 is 9.59 Å². The van der Waals surface area contributed by atoms with E-state index in [0.717, 1.165) is 16.7 Å². The Morgan fingerprint density at radius 1 is 1.04 bits per heavy atom. The molecule has 0 aromatic heterocycles. The molecule has 5 heteroatoms. The van der Waals surface area contributed by atoms with Gasteiger partial charge in [-0.25, -0.2) is 0 Å². The largest absolute Gasteiger partial charge is 0.346 e. The first-order valence-corrected chi connectivity index (χ1v) is 8.80. The second-order valence-electron chi connectivity index (χ2n) is 6.76. The predicted octanol–water partition coefficient (Wildman–Crippen LogP) is 2.41. The van der Waals surface area contributed by atoms with Crippen LogP contribution in [0.4, 0.5) is 0 Å². The van der Waals surface area contributed by atoms with Crippen LogP contribution in [0.25, 0.3) is 11.1 Å². The summed E-state index contributed by atoms with van der Waals surface area (Å²) in [5.41, 5.74) is 9.06. The lowest BCUT2D eigenvalue weighted by molar-refractivity contribution is -0.132. The summed E-state index contributed by atoms with van der Waals surface area (Å²) >= 11 is 0. The Morgan fingerprint density at radius 2 is 1.65 bits per heavy atom. The number of hydrogen-bond acceptors (Lipinski definition) is 3. The van der Waals surface area contributed by atoms with E-state index in [1.807, 2.05) is 68.4 Å². The number of nitrogens with two attached hydrogens (primary N) is 1. The monoisotopic (exact) mass is 353 g/mol. The van der Waals surface area contributed by atoms with E-state index in [4.69, 9.17) is 5.73 Å². The van der Waals surface area contributed by atoms with Crippen LogP contribution in [0.1, 0.15) is 19.4 Å². The molecule has 0 aliphatic heterocycles. The molecule has 2 rings (SSSR count). The van der Waals surface area contributed by atoms with Crippen LogP contribution in [-0.2, 0) is 16.1 Å². The van der Waals surface area contributed by atoms with Crippen LogP contribution in [0.15, 0.2) is 54.6 Å². The lowest BCUT2D eigenvalue weighted by Gasteiger charge is -2.21. The third-order valence-corrected chi connectivity index (χ3v) is 4.37. The fourth-order valence-corrected chi connectivity index (χ4v) is 2.62. The van der Waals surface area contributed by atoms with Gasteiger partial charge in [-0.05, 0) is 22.6 Å². The molecular formula is C21H27N3O2. The molecule has 3 N–H and O–H groups in total. The van der Waals surface area contributed by atoms with Crippen molar-refractivity contribution >= 4 is 11.8 Å². The average Bonchev–Trinajstić information content (AvgIpc) is 2.66. The SMILES string of the molecule is CC(C)[C@H](N)C(=O)NCC(=O)N(C)Cc1ccccc1-c1ccccc1. The summed E-state index contributed by atoms with van der Waals surface area (Å²) in [5.74, 6) is -0.427. The summed E-state index contributed by atoms with van der Waals surface area (Å²) in [6.07, 6.45) is 0. The Kier molecular flexibility index (Phi) is 6.92. The van der Waals surface area contributed by atoms with Crippen LogP contribution in [0.3, 0.4) is 0 Å². The van der Waals surface area contributed by atoms with Crippen molar-refractivity contribution in [3.8, 4) is 11.1 Å². The van der Waals surface area contributed by atoms with Crippen LogP contribution in [0.2, 0.25) is 0 Å². The van der Waals surface area contributed by atoms with Gasteiger partial charge in [0, 0.05) is 13.6 Å². The van der Waals surface area contributed by atoms with Gasteiger partial charge in [-0.1, -0.05) is 68.4 Å². The first kappa shape index (κ1) is 19.7. The van der Waals surface area contributed by atoms with Crippen LogP contribution < -0.4 is 11.1 Å². The maximum Gasteiger partial charge on any atom is 0.242 e. The molecule has 0 spiro atoms. The molecule has 0 radical (unpaired) electrons. The quantitative estimate of drug-likeness (QED) is 0.803. The van der Waals surface area contributed by atoms with Crippen molar-refractivity contribution in [2.24, 2.45) is 11.7 Å². The lowest BCUT2D eigenvalue weighted by Crippen LogP contribution is -2.47. The topological polar surface area (TPSA) is 75.4 Å². The summed E-state index contributed by atoms with van der Waals surface area (Å²) in [7, 11) is 1.73. The fraction of sp³-hybridized carbons (Fsp3) is 0.333. The van der Waals surface area contributed by atoms with E-state index in [9.17, 15) is 9.59 Å². The molecule has 0 heterocycles. The van der Waals surface area contributed by atoms with E-state index in [-0.39, 0.29) is 24.3 Å². The van der Waals surface area contributed by atoms with Gasteiger partial charge in [0.05, 0.1) is 12.6 Å². The molecule has 0 saturated heterocycles. The Balaban J connectivity index is 2.01. The van der Waals surface area contributed by atoms with E-state index in [2.05, 4.69) is 5.32 Å². The summed E-state index contributed by atoms with van der Waals surface area (Å²) in [5, 5.41) is 2.62. The number of rotatable bonds is 7. The predicted molar refractivity (Wildman–Crippen MR) is 104 cm³/mol. The van der Waals surface area contributed by atoms with Gasteiger partial charge in [0.1, 0.15) is 0 Å². The van der Waals surface area contributed by atoms with E-state index >= 15 is 0 Å². The highest BCUT2D eigenvalue weighted by Gasteiger charge is 2.19. The maximum atomic E-state index is 12.4. The Labute approximate surface area is 155 Å². The number of carbonyl (C=O) groups excluding carboxylic acids is 2. The van der Waals surface area contributed by atoms with Gasteiger partial charge in [0.15, 0.2) is 0 Å². The smallest absolute Gasteiger partial charge is 0.242 e. The zero-order valence-corrected chi connectivity index (χ0v) is 15.6. The van der Waals surface area contributed by atoms with Crippen LogP contribution in [-0.4, -0.2) is 36.3 Å². The van der Waals surface area contributed by atoms with Crippen molar-refractivity contribution in [1.82, 2.24) is 10.2 Å². The fourth-order valence-electron chi connectivity index (χ4n) is 2.62. The highest BCUT2D eigenvalue weighted by molar-refractivity contribution is 5.87. The van der Waals surface area contributed by atoms with Crippen molar-refractivity contribution in [1.29, 1.82) is 0 Å². The number of hydrogen-bond donors (Lipinski definition) is 2. The Bertz CT molecular complexity index is 744. The number of benzene rings is 2. The van der Waals surface area contributed by atoms with Crippen molar-refractivity contribution in [3.05, 3.63) is 60.2 Å².